The van der Waals surface area contributed by atoms with Gasteiger partial charge in [0.05, 0.1) is 6.04 Å². The molecule has 0 spiro atoms. The Morgan fingerprint density at radius 2 is 1.96 bits per heavy atom. The van der Waals surface area contributed by atoms with E-state index in [1.165, 1.54) is 11.1 Å². The predicted octanol–water partition coefficient (Wildman–Crippen LogP) is 2.04. The largest absolute Gasteiger partial charge is 0.346 e. The van der Waals surface area contributed by atoms with Crippen LogP contribution >= 0.6 is 0 Å². The molecule has 2 aliphatic rings. The van der Waals surface area contributed by atoms with Crippen LogP contribution in [0, 0.1) is 11.8 Å². The van der Waals surface area contributed by atoms with E-state index in [1.807, 2.05) is 0 Å². The lowest BCUT2D eigenvalue weighted by Crippen LogP contribution is -2.36. The summed E-state index contributed by atoms with van der Waals surface area (Å²) < 4.78 is 2.21. The first kappa shape index (κ1) is 18.2. The van der Waals surface area contributed by atoms with Crippen LogP contribution in [-0.4, -0.2) is 33.8 Å². The lowest BCUT2D eigenvalue weighted by atomic mass is 10.0. The number of carbonyl (C=O) groups is 1. The van der Waals surface area contributed by atoms with Gasteiger partial charge in [-0.1, -0.05) is 38.1 Å². The highest BCUT2D eigenvalue weighted by Crippen LogP contribution is 2.28. The first-order chi connectivity index (χ1) is 13.1. The summed E-state index contributed by atoms with van der Waals surface area (Å²) in [5.41, 5.74) is 2.61. The Labute approximate surface area is 160 Å². The fraction of sp³-hybridized carbons (Fsp3) is 0.571. The van der Waals surface area contributed by atoms with E-state index in [4.69, 9.17) is 0 Å². The third-order valence-electron chi connectivity index (χ3n) is 5.65. The Balaban J connectivity index is 1.52. The molecule has 2 aromatic rings. The van der Waals surface area contributed by atoms with Crippen molar-refractivity contribution in [2.45, 2.75) is 52.1 Å². The van der Waals surface area contributed by atoms with E-state index < -0.39 is 0 Å². The molecule has 0 saturated heterocycles. The van der Waals surface area contributed by atoms with Gasteiger partial charge in [-0.05, 0) is 36.3 Å². The summed E-state index contributed by atoms with van der Waals surface area (Å²) in [6.07, 6.45) is 3.42. The maximum atomic E-state index is 13.1. The zero-order valence-electron chi connectivity index (χ0n) is 16.2. The van der Waals surface area contributed by atoms with Crippen LogP contribution in [0.25, 0.3) is 0 Å². The van der Waals surface area contributed by atoms with Gasteiger partial charge < -0.3 is 15.2 Å². The molecule has 2 heterocycles. The van der Waals surface area contributed by atoms with Gasteiger partial charge in [-0.15, -0.1) is 10.2 Å². The van der Waals surface area contributed by atoms with Gasteiger partial charge >= 0.3 is 0 Å². The van der Waals surface area contributed by atoms with Crippen molar-refractivity contribution in [3.05, 3.63) is 47.0 Å². The molecule has 0 unspecified atom stereocenters. The molecule has 4 rings (SSSR count). The fourth-order valence-corrected chi connectivity index (χ4v) is 4.29. The number of amides is 1. The van der Waals surface area contributed by atoms with Crippen LogP contribution in [0.1, 0.15) is 49.1 Å². The van der Waals surface area contributed by atoms with Gasteiger partial charge in [-0.25, -0.2) is 0 Å². The fourth-order valence-electron chi connectivity index (χ4n) is 4.29. The first-order valence-electron chi connectivity index (χ1n) is 10.1. The van der Waals surface area contributed by atoms with E-state index >= 15 is 0 Å². The molecule has 2 N–H and O–H groups in total. The molecule has 1 aromatic heterocycles. The lowest BCUT2D eigenvalue weighted by Gasteiger charge is -2.22. The average Bonchev–Trinajstić information content (AvgIpc) is 3.18. The number of aromatic nitrogens is 3. The van der Waals surface area contributed by atoms with Crippen LogP contribution < -0.4 is 10.6 Å². The van der Waals surface area contributed by atoms with E-state index in [0.717, 1.165) is 57.0 Å². The van der Waals surface area contributed by atoms with Gasteiger partial charge in [0.25, 0.3) is 0 Å². The van der Waals surface area contributed by atoms with E-state index in [2.05, 4.69) is 63.5 Å². The Kier molecular flexibility index (Phi) is 5.25. The minimum atomic E-state index is -0.0828. The lowest BCUT2D eigenvalue weighted by molar-refractivity contribution is -0.125. The third-order valence-corrected chi connectivity index (χ3v) is 5.65. The zero-order valence-corrected chi connectivity index (χ0v) is 16.2. The predicted molar refractivity (Wildman–Crippen MR) is 104 cm³/mol. The molecular formula is C21H29N5O. The Hall–Kier alpha value is -2.21. The average molecular weight is 367 g/mol. The highest BCUT2D eigenvalue weighted by atomic mass is 16.2. The van der Waals surface area contributed by atoms with Crippen molar-refractivity contribution in [2.24, 2.45) is 11.8 Å². The van der Waals surface area contributed by atoms with Gasteiger partial charge in [0.2, 0.25) is 5.91 Å². The van der Waals surface area contributed by atoms with Crippen LogP contribution in [0.3, 0.4) is 0 Å². The van der Waals surface area contributed by atoms with Crippen LogP contribution in [0.5, 0.6) is 0 Å². The first-order valence-corrected chi connectivity index (χ1v) is 10.1. The number of hydrogen-bond acceptors (Lipinski definition) is 4. The molecule has 1 aromatic carbocycles. The highest BCUT2D eigenvalue weighted by Gasteiger charge is 2.31. The number of benzene rings is 1. The summed E-state index contributed by atoms with van der Waals surface area (Å²) in [6, 6.07) is 8.31. The van der Waals surface area contributed by atoms with Crippen molar-refractivity contribution in [3.63, 3.8) is 0 Å². The van der Waals surface area contributed by atoms with Crippen molar-refractivity contribution >= 4 is 5.91 Å². The molecule has 1 aliphatic heterocycles. The van der Waals surface area contributed by atoms with Crippen LogP contribution in [-0.2, 0) is 30.6 Å². The monoisotopic (exact) mass is 367 g/mol. The van der Waals surface area contributed by atoms with Crippen LogP contribution in [0.15, 0.2) is 24.3 Å². The van der Waals surface area contributed by atoms with Gasteiger partial charge in [-0.3, -0.25) is 4.79 Å². The molecule has 0 radical (unpaired) electrons. The summed E-state index contributed by atoms with van der Waals surface area (Å²) in [6.45, 7) is 7.08. The molecule has 0 fully saturated rings. The van der Waals surface area contributed by atoms with Crippen LogP contribution in [0.4, 0.5) is 0 Å². The number of fused-ring (bicyclic) bond motifs is 2. The van der Waals surface area contributed by atoms with E-state index in [1.54, 1.807) is 0 Å². The van der Waals surface area contributed by atoms with Crippen molar-refractivity contribution in [3.8, 4) is 0 Å². The minimum Gasteiger partial charge on any atom is -0.346 e. The second kappa shape index (κ2) is 7.80. The van der Waals surface area contributed by atoms with E-state index in [0.29, 0.717) is 5.92 Å². The van der Waals surface area contributed by atoms with Crippen LogP contribution in [0.2, 0.25) is 0 Å². The minimum absolute atomic E-state index is 0.0188. The molecule has 0 saturated carbocycles. The molecule has 1 aliphatic carbocycles. The second-order valence-electron chi connectivity index (χ2n) is 8.19. The summed E-state index contributed by atoms with van der Waals surface area (Å²) in [5, 5.41) is 15.6. The Morgan fingerprint density at radius 1 is 1.22 bits per heavy atom. The summed E-state index contributed by atoms with van der Waals surface area (Å²) >= 11 is 0. The number of hydrogen-bond donors (Lipinski definition) is 2. The summed E-state index contributed by atoms with van der Waals surface area (Å²) in [4.78, 5) is 13.1. The van der Waals surface area contributed by atoms with Gasteiger partial charge in [0.1, 0.15) is 5.82 Å². The van der Waals surface area contributed by atoms with E-state index in [9.17, 15) is 4.79 Å². The zero-order chi connectivity index (χ0) is 18.8. The maximum absolute atomic E-state index is 13.1. The Bertz CT molecular complexity index is 788. The third kappa shape index (κ3) is 3.90. The standard InChI is InChI=1S/C21H29N5O/c1-14(2)11-18(20-25-24-19-7-8-22-9-10-26(19)20)23-21(27)17-12-15-5-3-4-6-16(15)13-17/h3-6,14,17-18,22H,7-13H2,1-2H3,(H,23,27)/t18-/m1/s1. The summed E-state index contributed by atoms with van der Waals surface area (Å²) in [7, 11) is 0. The topological polar surface area (TPSA) is 71.8 Å². The molecule has 144 valence electrons. The van der Waals surface area contributed by atoms with Gasteiger partial charge in [0, 0.05) is 32.0 Å². The SMILES string of the molecule is CC(C)C[C@@H](NC(=O)C1Cc2ccccc2C1)c1nnc2n1CCNCC2. The number of rotatable bonds is 5. The maximum Gasteiger partial charge on any atom is 0.224 e. The molecular weight excluding hydrogens is 338 g/mol. The smallest absolute Gasteiger partial charge is 0.224 e. The number of nitrogens with one attached hydrogen (secondary N) is 2. The van der Waals surface area contributed by atoms with Gasteiger partial charge in [0.15, 0.2) is 5.82 Å². The highest BCUT2D eigenvalue weighted by molar-refractivity contribution is 5.80. The van der Waals surface area contributed by atoms with Crippen molar-refractivity contribution in [1.82, 2.24) is 25.4 Å². The molecule has 6 heteroatoms. The normalized spacial score (nSPS) is 18.0. The molecule has 1 amide bonds. The molecule has 27 heavy (non-hydrogen) atoms. The summed E-state index contributed by atoms with van der Waals surface area (Å²) in [5.74, 6) is 2.55. The Morgan fingerprint density at radius 3 is 2.67 bits per heavy atom. The molecule has 6 nitrogen and oxygen atoms in total. The van der Waals surface area contributed by atoms with E-state index in [-0.39, 0.29) is 17.9 Å². The molecule has 1 atom stereocenters. The van der Waals surface area contributed by atoms with Gasteiger partial charge in [-0.2, -0.15) is 0 Å². The molecule has 0 bridgehead atoms. The van der Waals surface area contributed by atoms with Crippen molar-refractivity contribution in [2.75, 3.05) is 13.1 Å². The van der Waals surface area contributed by atoms with Crippen molar-refractivity contribution in [1.29, 1.82) is 0 Å². The van der Waals surface area contributed by atoms with Crippen molar-refractivity contribution < 1.29 is 4.79 Å². The quantitative estimate of drug-likeness (QED) is 0.848. The number of nitrogens with zero attached hydrogens (tertiary/aromatic N) is 3. The number of carbonyl (C=O) groups excluding carboxylic acids is 1. The second-order valence-corrected chi connectivity index (χ2v) is 8.19.